The van der Waals surface area contributed by atoms with Crippen LogP contribution in [0.25, 0.3) is 21.5 Å². The molecule has 0 saturated heterocycles. The van der Waals surface area contributed by atoms with Crippen molar-refractivity contribution in [1.29, 1.82) is 0 Å². The first-order chi connectivity index (χ1) is 12.5. The van der Waals surface area contributed by atoms with E-state index >= 15 is 0 Å². The number of benzene rings is 2. The summed E-state index contributed by atoms with van der Waals surface area (Å²) in [5.74, 6) is 0.319. The molecule has 0 saturated carbocycles. The van der Waals surface area contributed by atoms with Gasteiger partial charge in [-0.1, -0.05) is 58.3 Å². The minimum absolute atomic E-state index is 0.170. The molecule has 0 aliphatic heterocycles. The maximum atomic E-state index is 12.4. The minimum Gasteiger partial charge on any atom is -0.451 e. The molecule has 4 aromatic rings. The Balaban J connectivity index is 1.58. The Bertz CT molecular complexity index is 1140. The number of carbonyl (C=O) groups excluding carboxylic acids is 1. The zero-order chi connectivity index (χ0) is 18.3. The zero-order valence-corrected chi connectivity index (χ0v) is 16.0. The highest BCUT2D eigenvalue weighted by Crippen LogP contribution is 2.35. The van der Waals surface area contributed by atoms with Crippen molar-refractivity contribution in [3.63, 3.8) is 0 Å². The lowest BCUT2D eigenvalue weighted by molar-refractivity contribution is 0.0997. The summed E-state index contributed by atoms with van der Waals surface area (Å²) in [5.41, 5.74) is 1.34. The van der Waals surface area contributed by atoms with Crippen LogP contribution in [0.1, 0.15) is 10.6 Å². The van der Waals surface area contributed by atoms with Gasteiger partial charge >= 0.3 is 0 Å². The van der Waals surface area contributed by atoms with E-state index in [0.717, 1.165) is 10.3 Å². The molecular formula is C18H9Cl3N2O2S. The molecule has 1 N–H and O–H groups in total. The van der Waals surface area contributed by atoms with Gasteiger partial charge in [0, 0.05) is 10.6 Å². The van der Waals surface area contributed by atoms with Gasteiger partial charge in [0.05, 0.1) is 14.7 Å². The number of hydrogen-bond donors (Lipinski definition) is 1. The quantitative estimate of drug-likeness (QED) is 0.395. The van der Waals surface area contributed by atoms with E-state index < -0.39 is 5.91 Å². The van der Waals surface area contributed by atoms with E-state index in [1.807, 2.05) is 12.1 Å². The number of nitrogens with one attached hydrogen (secondary N) is 1. The summed E-state index contributed by atoms with van der Waals surface area (Å²) in [4.78, 5) is 16.8. The van der Waals surface area contributed by atoms with Gasteiger partial charge < -0.3 is 4.42 Å². The van der Waals surface area contributed by atoms with E-state index in [-0.39, 0.29) is 5.76 Å². The molecule has 130 valence electrons. The van der Waals surface area contributed by atoms with E-state index in [9.17, 15) is 4.79 Å². The summed E-state index contributed by atoms with van der Waals surface area (Å²) in [6.07, 6.45) is 0. The zero-order valence-electron chi connectivity index (χ0n) is 12.9. The Morgan fingerprint density at radius 2 is 1.92 bits per heavy atom. The van der Waals surface area contributed by atoms with Crippen molar-refractivity contribution in [3.05, 3.63) is 69.4 Å². The third-order valence-electron chi connectivity index (χ3n) is 3.61. The second-order valence-electron chi connectivity index (χ2n) is 5.36. The summed E-state index contributed by atoms with van der Waals surface area (Å²) in [7, 11) is 0. The van der Waals surface area contributed by atoms with Gasteiger partial charge in [-0.25, -0.2) is 4.98 Å². The number of hydrogen-bond acceptors (Lipinski definition) is 4. The number of nitrogens with zero attached hydrogens (tertiary/aromatic N) is 1. The van der Waals surface area contributed by atoms with E-state index in [1.54, 1.807) is 36.4 Å². The predicted octanol–water partition coefficient (Wildman–Crippen LogP) is 6.77. The van der Waals surface area contributed by atoms with Crippen LogP contribution in [-0.4, -0.2) is 10.9 Å². The molecule has 0 atom stereocenters. The highest BCUT2D eigenvalue weighted by atomic mass is 35.5. The SMILES string of the molecule is O=C(Nc1nc2c(Cl)c(Cl)ccc2s1)c1ccc(-c2cccc(Cl)c2)o1. The maximum Gasteiger partial charge on any atom is 0.293 e. The number of amides is 1. The van der Waals surface area contributed by atoms with Gasteiger partial charge in [-0.05, 0) is 36.4 Å². The van der Waals surface area contributed by atoms with Gasteiger partial charge in [-0.15, -0.1) is 0 Å². The first kappa shape index (κ1) is 17.4. The molecule has 8 heteroatoms. The third kappa shape index (κ3) is 3.31. The van der Waals surface area contributed by atoms with Crippen LogP contribution in [0.2, 0.25) is 15.1 Å². The largest absolute Gasteiger partial charge is 0.451 e. The van der Waals surface area contributed by atoms with Crippen LogP contribution in [0.15, 0.2) is 52.9 Å². The lowest BCUT2D eigenvalue weighted by Gasteiger charge is -1.99. The molecule has 0 unspecified atom stereocenters. The molecule has 2 aromatic heterocycles. The van der Waals surface area contributed by atoms with Crippen molar-refractivity contribution in [1.82, 2.24) is 4.98 Å². The Kier molecular flexibility index (Phi) is 4.63. The van der Waals surface area contributed by atoms with Crippen LogP contribution < -0.4 is 5.32 Å². The molecule has 26 heavy (non-hydrogen) atoms. The number of aromatic nitrogens is 1. The van der Waals surface area contributed by atoms with Crippen LogP contribution >= 0.6 is 46.1 Å². The Labute approximate surface area is 167 Å². The smallest absolute Gasteiger partial charge is 0.293 e. The third-order valence-corrected chi connectivity index (χ3v) is 5.58. The van der Waals surface area contributed by atoms with E-state index in [2.05, 4.69) is 10.3 Å². The molecule has 4 rings (SSSR count). The molecule has 0 spiro atoms. The molecule has 0 fully saturated rings. The number of anilines is 1. The lowest BCUT2D eigenvalue weighted by Crippen LogP contribution is -2.10. The molecule has 0 radical (unpaired) electrons. The summed E-state index contributed by atoms with van der Waals surface area (Å²) in [6, 6.07) is 14.0. The fraction of sp³-hybridized carbons (Fsp3) is 0. The van der Waals surface area contributed by atoms with Crippen molar-refractivity contribution in [2.45, 2.75) is 0 Å². The Hall–Kier alpha value is -2.05. The van der Waals surface area contributed by atoms with Gasteiger partial charge in [0.2, 0.25) is 0 Å². The van der Waals surface area contributed by atoms with Crippen molar-refractivity contribution in [3.8, 4) is 11.3 Å². The topological polar surface area (TPSA) is 55.1 Å². The van der Waals surface area contributed by atoms with Crippen LogP contribution in [0.4, 0.5) is 5.13 Å². The number of halogens is 3. The van der Waals surface area contributed by atoms with Gasteiger partial charge in [-0.2, -0.15) is 0 Å². The van der Waals surface area contributed by atoms with E-state index in [1.165, 1.54) is 11.3 Å². The highest BCUT2D eigenvalue weighted by molar-refractivity contribution is 7.22. The molecule has 0 aliphatic carbocycles. The second-order valence-corrected chi connectivity index (χ2v) is 7.61. The van der Waals surface area contributed by atoms with E-state index in [0.29, 0.717) is 31.5 Å². The molecule has 2 aromatic carbocycles. The molecule has 0 bridgehead atoms. The van der Waals surface area contributed by atoms with Gasteiger partial charge in [0.15, 0.2) is 10.9 Å². The van der Waals surface area contributed by atoms with Crippen molar-refractivity contribution in [2.24, 2.45) is 0 Å². The van der Waals surface area contributed by atoms with Crippen LogP contribution in [0.3, 0.4) is 0 Å². The summed E-state index contributed by atoms with van der Waals surface area (Å²) in [5, 5.41) is 4.50. The number of thiazole rings is 1. The lowest BCUT2D eigenvalue weighted by atomic mass is 10.2. The van der Waals surface area contributed by atoms with E-state index in [4.69, 9.17) is 39.2 Å². The predicted molar refractivity (Wildman–Crippen MR) is 107 cm³/mol. The molecule has 2 heterocycles. The maximum absolute atomic E-state index is 12.4. The van der Waals surface area contributed by atoms with Gasteiger partial charge in [-0.3, -0.25) is 10.1 Å². The normalized spacial score (nSPS) is 11.0. The number of furan rings is 1. The molecule has 1 amide bonds. The van der Waals surface area contributed by atoms with Crippen molar-refractivity contribution >= 4 is 67.4 Å². The van der Waals surface area contributed by atoms with Crippen LogP contribution in [-0.2, 0) is 0 Å². The second kappa shape index (κ2) is 6.93. The van der Waals surface area contributed by atoms with Gasteiger partial charge in [0.1, 0.15) is 11.3 Å². The average molecular weight is 424 g/mol. The standard InChI is InChI=1S/C18H9Cl3N2O2S/c19-10-3-1-2-9(8-10)12-5-6-13(25-12)17(24)23-18-22-16-14(26-18)7-4-11(20)15(16)21/h1-8H,(H,22,23,24). The fourth-order valence-electron chi connectivity index (χ4n) is 2.41. The molecular weight excluding hydrogens is 415 g/mol. The van der Waals surface area contributed by atoms with Crippen molar-refractivity contribution < 1.29 is 9.21 Å². The van der Waals surface area contributed by atoms with Crippen LogP contribution in [0.5, 0.6) is 0 Å². The van der Waals surface area contributed by atoms with Crippen molar-refractivity contribution in [2.75, 3.05) is 5.32 Å². The molecule has 0 aliphatic rings. The average Bonchev–Trinajstić information content (AvgIpc) is 3.25. The summed E-state index contributed by atoms with van der Waals surface area (Å²) < 4.78 is 6.46. The Morgan fingerprint density at radius 3 is 2.73 bits per heavy atom. The highest BCUT2D eigenvalue weighted by Gasteiger charge is 2.16. The monoisotopic (exact) mass is 422 g/mol. The first-order valence-electron chi connectivity index (χ1n) is 7.43. The number of carbonyl (C=O) groups is 1. The van der Waals surface area contributed by atoms with Crippen LogP contribution in [0, 0.1) is 0 Å². The fourth-order valence-corrected chi connectivity index (χ4v) is 3.88. The minimum atomic E-state index is -0.403. The molecule has 4 nitrogen and oxygen atoms in total. The Morgan fingerprint density at radius 1 is 1.08 bits per heavy atom. The first-order valence-corrected chi connectivity index (χ1v) is 9.38. The summed E-state index contributed by atoms with van der Waals surface area (Å²) >= 11 is 19.4. The summed E-state index contributed by atoms with van der Waals surface area (Å²) in [6.45, 7) is 0. The number of rotatable bonds is 3. The number of fused-ring (bicyclic) bond motifs is 1. The van der Waals surface area contributed by atoms with Gasteiger partial charge in [0.25, 0.3) is 5.91 Å².